The molecule has 1 saturated heterocycles. The third kappa shape index (κ3) is 8.37. The maximum atomic E-state index is 2.70. The molecule has 1 fully saturated rings. The number of hydrogen-bond donors (Lipinski definition) is 0. The monoisotopic (exact) mass is 474 g/mol. The molecule has 2 aliphatic heterocycles. The van der Waals surface area contributed by atoms with Gasteiger partial charge in [0.1, 0.15) is 0 Å². The van der Waals surface area contributed by atoms with E-state index in [1.165, 1.54) is 49.9 Å². The zero-order valence-electron chi connectivity index (χ0n) is 23.6. The maximum absolute atomic E-state index is 2.70. The van der Waals surface area contributed by atoms with Crippen LogP contribution >= 0.6 is 0 Å². The lowest BCUT2D eigenvalue weighted by Crippen LogP contribution is -2.55. The molecule has 2 unspecified atom stereocenters. The molecule has 2 heteroatoms. The second kappa shape index (κ2) is 11.9. The zero-order chi connectivity index (χ0) is 24.5. The molecule has 2 aliphatic rings. The van der Waals surface area contributed by atoms with Crippen LogP contribution in [0.1, 0.15) is 134 Å². The lowest BCUT2D eigenvalue weighted by molar-refractivity contribution is -0.00414. The summed E-state index contributed by atoms with van der Waals surface area (Å²) in [6.45, 7) is 30.7. The minimum atomic E-state index is 0. The predicted molar refractivity (Wildman–Crippen MR) is 156 cm³/mol. The molecule has 0 radical (unpaired) electrons. The van der Waals surface area contributed by atoms with Gasteiger partial charge in [0.25, 0.3) is 0 Å². The Morgan fingerprint density at radius 3 is 1.62 bits per heavy atom. The van der Waals surface area contributed by atoms with Crippen LogP contribution in [0.3, 0.4) is 0 Å². The Labute approximate surface area is 215 Å². The Hall–Kier alpha value is -0.860. The summed E-state index contributed by atoms with van der Waals surface area (Å²) in [7, 11) is 0. The van der Waals surface area contributed by atoms with E-state index < -0.39 is 0 Å². The summed E-state index contributed by atoms with van der Waals surface area (Å²) in [5, 5.41) is 0. The summed E-state index contributed by atoms with van der Waals surface area (Å²) in [5.74, 6) is 0. The van der Waals surface area contributed by atoms with Crippen LogP contribution in [-0.4, -0.2) is 40.0 Å². The molecule has 2 nitrogen and oxygen atoms in total. The van der Waals surface area contributed by atoms with Crippen molar-refractivity contribution < 1.29 is 0 Å². The molecular formula is C32H62N2. The number of nitrogens with zero attached hydrogens (tertiary/aromatic N) is 2. The first-order valence-electron chi connectivity index (χ1n) is 13.1. The number of hydrogen-bond acceptors (Lipinski definition) is 2. The van der Waals surface area contributed by atoms with Crippen molar-refractivity contribution in [3.8, 4) is 0 Å². The van der Waals surface area contributed by atoms with Crippen LogP contribution in [0.2, 0.25) is 0 Å². The lowest BCUT2D eigenvalue weighted by Gasteiger charge is -2.50. The van der Waals surface area contributed by atoms with E-state index in [1.54, 1.807) is 0 Å². The van der Waals surface area contributed by atoms with E-state index >= 15 is 0 Å². The van der Waals surface area contributed by atoms with Gasteiger partial charge in [-0.3, -0.25) is 9.80 Å². The van der Waals surface area contributed by atoms with E-state index in [4.69, 9.17) is 0 Å². The molecule has 1 aromatic rings. The van der Waals surface area contributed by atoms with Gasteiger partial charge in [-0.2, -0.15) is 0 Å². The van der Waals surface area contributed by atoms with Crippen LogP contribution in [0.25, 0.3) is 0 Å². The summed E-state index contributed by atoms with van der Waals surface area (Å²) in [5.41, 5.74) is 4.32. The fourth-order valence-corrected chi connectivity index (χ4v) is 5.86. The third-order valence-electron chi connectivity index (χ3n) is 7.33. The summed E-state index contributed by atoms with van der Waals surface area (Å²) in [6, 6.07) is 10.3. The average molecular weight is 475 g/mol. The van der Waals surface area contributed by atoms with E-state index in [-0.39, 0.29) is 25.8 Å². The quantitative estimate of drug-likeness (QED) is 0.369. The van der Waals surface area contributed by atoms with Crippen molar-refractivity contribution in [1.29, 1.82) is 0 Å². The number of benzene rings is 1. The van der Waals surface area contributed by atoms with Crippen molar-refractivity contribution in [3.63, 3.8) is 0 Å². The molecule has 0 bridgehead atoms. The van der Waals surface area contributed by atoms with E-state index in [9.17, 15) is 0 Å². The molecule has 3 rings (SSSR count). The maximum Gasteiger partial charge on any atom is 0.0404 e. The van der Waals surface area contributed by atoms with Gasteiger partial charge < -0.3 is 0 Å². The molecule has 0 amide bonds. The number of fused-ring (bicyclic) bond motifs is 1. The third-order valence-corrected chi connectivity index (χ3v) is 7.33. The molecule has 34 heavy (non-hydrogen) atoms. The van der Waals surface area contributed by atoms with Crippen molar-refractivity contribution in [3.05, 3.63) is 35.4 Å². The van der Waals surface area contributed by atoms with Crippen LogP contribution < -0.4 is 0 Å². The minimum absolute atomic E-state index is 0. The second-order valence-corrected chi connectivity index (χ2v) is 14.3. The standard InChI is InChI=1S/C17H27N.C13H27N.2CH4/c1-16(2,3)15-14-10-8-7-9-13(14)11-12-18(15)17(4,5)6;1-12(2,3)11-9-7-8-10-14(11)13(4,5)6;;/h7-10,15H,11-12H2,1-6H3;11H,7-10H2,1-6H3;2*1H4. The van der Waals surface area contributed by atoms with Crippen LogP contribution in [-0.2, 0) is 6.42 Å². The summed E-state index contributed by atoms with van der Waals surface area (Å²) >= 11 is 0. The van der Waals surface area contributed by atoms with Crippen LogP contribution in [0.15, 0.2) is 24.3 Å². The van der Waals surface area contributed by atoms with E-state index in [1.807, 2.05) is 0 Å². The van der Waals surface area contributed by atoms with E-state index in [2.05, 4.69) is 117 Å². The Kier molecular flexibility index (Phi) is 11.6. The summed E-state index contributed by atoms with van der Waals surface area (Å²) in [6.07, 6.45) is 5.35. The van der Waals surface area contributed by atoms with Crippen molar-refractivity contribution in [2.24, 2.45) is 10.8 Å². The first kappa shape index (κ1) is 33.1. The molecule has 0 spiro atoms. The highest BCUT2D eigenvalue weighted by Gasteiger charge is 2.40. The van der Waals surface area contributed by atoms with Gasteiger partial charge in [0, 0.05) is 29.7 Å². The lowest BCUT2D eigenvalue weighted by atomic mass is 9.75. The van der Waals surface area contributed by atoms with Crippen molar-refractivity contribution in [1.82, 2.24) is 9.80 Å². The second-order valence-electron chi connectivity index (χ2n) is 14.3. The SMILES string of the molecule is C.C.CC(C)(C)C1CCCCN1C(C)(C)C.CC(C)(C)C1c2ccccc2CCN1C(C)(C)C. The largest absolute Gasteiger partial charge is 0.295 e. The number of rotatable bonds is 0. The highest BCUT2D eigenvalue weighted by molar-refractivity contribution is 5.34. The van der Waals surface area contributed by atoms with Gasteiger partial charge in [-0.05, 0) is 89.3 Å². The van der Waals surface area contributed by atoms with Crippen LogP contribution in [0.4, 0.5) is 0 Å². The van der Waals surface area contributed by atoms with Gasteiger partial charge >= 0.3 is 0 Å². The molecule has 0 saturated carbocycles. The molecule has 0 aliphatic carbocycles. The van der Waals surface area contributed by atoms with Gasteiger partial charge in [-0.15, -0.1) is 0 Å². The van der Waals surface area contributed by atoms with Gasteiger partial charge in [-0.1, -0.05) is 87.1 Å². The Morgan fingerprint density at radius 1 is 0.647 bits per heavy atom. The zero-order valence-corrected chi connectivity index (χ0v) is 23.6. The topological polar surface area (TPSA) is 6.48 Å². The Balaban J connectivity index is 0.000000623. The van der Waals surface area contributed by atoms with Crippen molar-refractivity contribution in [2.45, 2.75) is 147 Å². The smallest absolute Gasteiger partial charge is 0.0404 e. The molecular weight excluding hydrogens is 412 g/mol. The summed E-state index contributed by atoms with van der Waals surface area (Å²) in [4.78, 5) is 5.38. The highest BCUT2D eigenvalue weighted by Crippen LogP contribution is 2.45. The van der Waals surface area contributed by atoms with E-state index in [0.717, 1.165) is 6.04 Å². The van der Waals surface area contributed by atoms with Gasteiger partial charge in [0.05, 0.1) is 0 Å². The van der Waals surface area contributed by atoms with Crippen LogP contribution in [0.5, 0.6) is 0 Å². The van der Waals surface area contributed by atoms with E-state index in [0.29, 0.717) is 17.0 Å². The number of likely N-dealkylation sites (tertiary alicyclic amines) is 1. The number of piperidine rings is 1. The Bertz CT molecular complexity index is 699. The summed E-state index contributed by atoms with van der Waals surface area (Å²) < 4.78 is 0. The fraction of sp³-hybridized carbons (Fsp3) is 0.812. The minimum Gasteiger partial charge on any atom is -0.295 e. The Morgan fingerprint density at radius 2 is 1.18 bits per heavy atom. The first-order chi connectivity index (χ1) is 14.4. The van der Waals surface area contributed by atoms with Gasteiger partial charge in [0.15, 0.2) is 0 Å². The van der Waals surface area contributed by atoms with Crippen LogP contribution in [0, 0.1) is 10.8 Å². The average Bonchev–Trinajstić information content (AvgIpc) is 2.65. The van der Waals surface area contributed by atoms with Crippen molar-refractivity contribution in [2.75, 3.05) is 13.1 Å². The molecule has 1 aromatic carbocycles. The molecule has 2 heterocycles. The molecule has 200 valence electrons. The normalized spacial score (nSPS) is 22.5. The highest BCUT2D eigenvalue weighted by atomic mass is 15.2. The molecule has 0 N–H and O–H groups in total. The van der Waals surface area contributed by atoms with Crippen molar-refractivity contribution >= 4 is 0 Å². The first-order valence-corrected chi connectivity index (χ1v) is 13.1. The van der Waals surface area contributed by atoms with Gasteiger partial charge in [-0.25, -0.2) is 0 Å². The van der Waals surface area contributed by atoms with Gasteiger partial charge in [0.2, 0.25) is 0 Å². The molecule has 2 atom stereocenters. The fourth-order valence-electron chi connectivity index (χ4n) is 5.86. The predicted octanol–water partition coefficient (Wildman–Crippen LogP) is 9.39. The molecule has 0 aromatic heterocycles.